The first-order valence-corrected chi connectivity index (χ1v) is 6.94. The van der Waals surface area contributed by atoms with Gasteiger partial charge >= 0.3 is 0 Å². The molecule has 1 aromatic rings. The van der Waals surface area contributed by atoms with E-state index in [1.54, 1.807) is 0 Å². The van der Waals surface area contributed by atoms with Crippen LogP contribution in [0, 0.1) is 5.92 Å². The second kappa shape index (κ2) is 4.69. The van der Waals surface area contributed by atoms with Crippen LogP contribution in [0.25, 0.3) is 0 Å². The van der Waals surface area contributed by atoms with Gasteiger partial charge < -0.3 is 11.1 Å². The first-order valence-electron chi connectivity index (χ1n) is 6.94. The number of rotatable bonds is 5. The van der Waals surface area contributed by atoms with Gasteiger partial charge in [0, 0.05) is 11.7 Å². The topological polar surface area (TPSA) is 38.0 Å². The van der Waals surface area contributed by atoms with Crippen LogP contribution < -0.4 is 11.1 Å². The fraction of sp³-hybridized carbons (Fsp3) is 0.600. The van der Waals surface area contributed by atoms with Crippen LogP contribution in [0.15, 0.2) is 18.2 Å². The fourth-order valence-corrected chi connectivity index (χ4v) is 2.92. The summed E-state index contributed by atoms with van der Waals surface area (Å²) in [5.41, 5.74) is 9.65. The highest BCUT2D eigenvalue weighted by Crippen LogP contribution is 2.34. The fourth-order valence-electron chi connectivity index (χ4n) is 2.92. The third kappa shape index (κ3) is 2.63. The van der Waals surface area contributed by atoms with Crippen LogP contribution in [0.2, 0.25) is 0 Å². The zero-order valence-corrected chi connectivity index (χ0v) is 10.4. The summed E-state index contributed by atoms with van der Waals surface area (Å²) in [6.45, 7) is 1.17. The second-order valence-electron chi connectivity index (χ2n) is 5.59. The molecule has 3 N–H and O–H groups in total. The molecule has 3 rings (SSSR count). The average molecular weight is 230 g/mol. The monoisotopic (exact) mass is 230 g/mol. The van der Waals surface area contributed by atoms with Crippen molar-refractivity contribution in [3.8, 4) is 0 Å². The second-order valence-corrected chi connectivity index (χ2v) is 5.59. The first-order chi connectivity index (χ1) is 8.33. The third-order valence-corrected chi connectivity index (χ3v) is 4.12. The highest BCUT2D eigenvalue weighted by atomic mass is 14.9. The molecule has 2 aliphatic rings. The summed E-state index contributed by atoms with van der Waals surface area (Å²) in [6, 6.07) is 6.95. The van der Waals surface area contributed by atoms with Crippen LogP contribution in [0.4, 0.5) is 5.69 Å². The molecule has 2 heteroatoms. The molecule has 0 aliphatic heterocycles. The Kier molecular flexibility index (Phi) is 3.06. The maximum absolute atomic E-state index is 5.82. The SMILES string of the molecule is Nc1ccc2c(c1)CCC2NCCCC1CC1. The molecule has 0 spiro atoms. The van der Waals surface area contributed by atoms with Gasteiger partial charge in [-0.3, -0.25) is 0 Å². The van der Waals surface area contributed by atoms with Crippen molar-refractivity contribution >= 4 is 5.69 Å². The third-order valence-electron chi connectivity index (χ3n) is 4.12. The standard InChI is InChI=1S/C15H22N2/c16-13-6-7-14-12(10-13)5-8-15(14)17-9-1-2-11-3-4-11/h6-7,10-11,15,17H,1-5,8-9,16H2. The van der Waals surface area contributed by atoms with Crippen LogP contribution in [0.1, 0.15) is 49.3 Å². The maximum Gasteiger partial charge on any atom is 0.0326 e. The Bertz CT molecular complexity index is 396. The molecular formula is C15H22N2. The van der Waals surface area contributed by atoms with Gasteiger partial charge in [0.25, 0.3) is 0 Å². The van der Waals surface area contributed by atoms with Crippen molar-refractivity contribution in [2.45, 2.75) is 44.6 Å². The van der Waals surface area contributed by atoms with Gasteiger partial charge in [0.05, 0.1) is 0 Å². The number of hydrogen-bond donors (Lipinski definition) is 2. The number of nitrogens with one attached hydrogen (secondary N) is 1. The molecule has 0 aromatic heterocycles. The van der Waals surface area contributed by atoms with Crippen LogP contribution in [0.5, 0.6) is 0 Å². The summed E-state index contributed by atoms with van der Waals surface area (Å²) in [6.07, 6.45) is 8.14. The number of hydrogen-bond acceptors (Lipinski definition) is 2. The molecule has 1 fully saturated rings. The van der Waals surface area contributed by atoms with E-state index in [9.17, 15) is 0 Å². The predicted octanol–water partition coefficient (Wildman–Crippen LogP) is 3.04. The van der Waals surface area contributed by atoms with E-state index in [1.165, 1.54) is 56.2 Å². The van der Waals surface area contributed by atoms with E-state index in [0.717, 1.165) is 11.6 Å². The Labute approximate surface area is 104 Å². The van der Waals surface area contributed by atoms with Gasteiger partial charge in [-0.1, -0.05) is 18.9 Å². The van der Waals surface area contributed by atoms with Crippen LogP contribution in [0.3, 0.4) is 0 Å². The first kappa shape index (κ1) is 11.1. The van der Waals surface area contributed by atoms with Gasteiger partial charge in [-0.05, 0) is 61.4 Å². The summed E-state index contributed by atoms with van der Waals surface area (Å²) < 4.78 is 0. The lowest BCUT2D eigenvalue weighted by Gasteiger charge is -2.14. The van der Waals surface area contributed by atoms with Crippen molar-refractivity contribution in [3.05, 3.63) is 29.3 Å². The quantitative estimate of drug-likeness (QED) is 0.602. The highest BCUT2D eigenvalue weighted by molar-refractivity contribution is 5.47. The van der Waals surface area contributed by atoms with Crippen molar-refractivity contribution < 1.29 is 0 Å². The van der Waals surface area contributed by atoms with Crippen molar-refractivity contribution in [1.82, 2.24) is 5.32 Å². The lowest BCUT2D eigenvalue weighted by Crippen LogP contribution is -2.20. The van der Waals surface area contributed by atoms with E-state index in [0.29, 0.717) is 6.04 Å². The molecule has 2 nitrogen and oxygen atoms in total. The van der Waals surface area contributed by atoms with E-state index >= 15 is 0 Å². The van der Waals surface area contributed by atoms with E-state index in [1.807, 2.05) is 6.07 Å². The molecule has 1 saturated carbocycles. The normalized spacial score (nSPS) is 22.7. The van der Waals surface area contributed by atoms with Gasteiger partial charge in [0.15, 0.2) is 0 Å². The van der Waals surface area contributed by atoms with Crippen LogP contribution in [-0.2, 0) is 6.42 Å². The Morgan fingerprint density at radius 2 is 2.12 bits per heavy atom. The van der Waals surface area contributed by atoms with E-state index < -0.39 is 0 Å². The molecule has 17 heavy (non-hydrogen) atoms. The number of benzene rings is 1. The Morgan fingerprint density at radius 3 is 2.94 bits per heavy atom. The number of nitrogen functional groups attached to an aromatic ring is 1. The summed E-state index contributed by atoms with van der Waals surface area (Å²) in [4.78, 5) is 0. The van der Waals surface area contributed by atoms with Gasteiger partial charge in [0.2, 0.25) is 0 Å². The zero-order chi connectivity index (χ0) is 11.7. The van der Waals surface area contributed by atoms with Crippen molar-refractivity contribution in [2.24, 2.45) is 5.92 Å². The molecule has 2 aliphatic carbocycles. The van der Waals surface area contributed by atoms with Gasteiger partial charge in [-0.2, -0.15) is 0 Å². The zero-order valence-electron chi connectivity index (χ0n) is 10.4. The number of fused-ring (bicyclic) bond motifs is 1. The Balaban J connectivity index is 1.52. The van der Waals surface area contributed by atoms with Crippen molar-refractivity contribution in [2.75, 3.05) is 12.3 Å². The van der Waals surface area contributed by atoms with E-state index in [2.05, 4.69) is 17.4 Å². The molecule has 0 heterocycles. The van der Waals surface area contributed by atoms with Gasteiger partial charge in [-0.25, -0.2) is 0 Å². The summed E-state index contributed by atoms with van der Waals surface area (Å²) in [5.74, 6) is 1.06. The smallest absolute Gasteiger partial charge is 0.0326 e. The summed E-state index contributed by atoms with van der Waals surface area (Å²) in [5, 5.41) is 3.70. The largest absolute Gasteiger partial charge is 0.399 e. The molecule has 1 unspecified atom stereocenters. The van der Waals surface area contributed by atoms with Crippen molar-refractivity contribution in [1.29, 1.82) is 0 Å². The summed E-state index contributed by atoms with van der Waals surface area (Å²) in [7, 11) is 0. The van der Waals surface area contributed by atoms with Crippen LogP contribution >= 0.6 is 0 Å². The minimum atomic E-state index is 0.574. The highest BCUT2D eigenvalue weighted by Gasteiger charge is 2.23. The molecular weight excluding hydrogens is 208 g/mol. The van der Waals surface area contributed by atoms with Gasteiger partial charge in [0.1, 0.15) is 0 Å². The number of nitrogens with two attached hydrogens (primary N) is 1. The molecule has 1 atom stereocenters. The maximum atomic E-state index is 5.82. The molecule has 0 saturated heterocycles. The van der Waals surface area contributed by atoms with Gasteiger partial charge in [-0.15, -0.1) is 0 Å². The van der Waals surface area contributed by atoms with Crippen molar-refractivity contribution in [3.63, 3.8) is 0 Å². The number of aryl methyl sites for hydroxylation is 1. The molecule has 92 valence electrons. The minimum absolute atomic E-state index is 0.574. The predicted molar refractivity (Wildman–Crippen MR) is 71.9 cm³/mol. The minimum Gasteiger partial charge on any atom is -0.399 e. The number of anilines is 1. The van der Waals surface area contributed by atoms with E-state index in [-0.39, 0.29) is 0 Å². The average Bonchev–Trinajstić information content (AvgIpc) is 3.06. The molecule has 0 amide bonds. The summed E-state index contributed by atoms with van der Waals surface area (Å²) >= 11 is 0. The lowest BCUT2D eigenvalue weighted by molar-refractivity contribution is 0.504. The van der Waals surface area contributed by atoms with E-state index in [4.69, 9.17) is 5.73 Å². The molecule has 0 bridgehead atoms. The Morgan fingerprint density at radius 1 is 1.24 bits per heavy atom. The lowest BCUT2D eigenvalue weighted by atomic mass is 10.1. The van der Waals surface area contributed by atoms with Crippen LogP contribution in [-0.4, -0.2) is 6.54 Å². The Hall–Kier alpha value is -1.02. The molecule has 1 aromatic carbocycles. The molecule has 0 radical (unpaired) electrons.